The van der Waals surface area contributed by atoms with Crippen LogP contribution >= 0.6 is 0 Å². The number of benzene rings is 2. The van der Waals surface area contributed by atoms with Gasteiger partial charge in [-0.05, 0) is 17.7 Å². The highest BCUT2D eigenvalue weighted by Crippen LogP contribution is 2.21. The second-order valence-corrected chi connectivity index (χ2v) is 6.12. The molecule has 1 aliphatic heterocycles. The van der Waals surface area contributed by atoms with E-state index in [2.05, 4.69) is 0 Å². The molecule has 2 heterocycles. The summed E-state index contributed by atoms with van der Waals surface area (Å²) in [5.74, 6) is -2.48. The Hall–Kier alpha value is -3.74. The number of amides is 4. The van der Waals surface area contributed by atoms with Crippen molar-refractivity contribution in [2.24, 2.45) is 0 Å². The van der Waals surface area contributed by atoms with Crippen molar-refractivity contribution in [1.82, 2.24) is 9.80 Å². The first kappa shape index (κ1) is 16.7. The number of nitrogens with zero attached hydrogens (tertiary/aromatic N) is 2. The lowest BCUT2D eigenvalue weighted by Gasteiger charge is -2.14. The molecule has 0 atom stereocenters. The van der Waals surface area contributed by atoms with E-state index in [9.17, 15) is 19.2 Å². The number of imide groups is 2. The standard InChI is InChI=1S/C20H14N2O5/c23-15(17-10-14-8-4-5-9-16(14)27-17)12-22-19(25)18(24)21(20(22)26)11-13-6-2-1-3-7-13/h1-10H,11-12H2. The minimum atomic E-state index is -1.01. The lowest BCUT2D eigenvalue weighted by atomic mass is 10.2. The molecule has 1 saturated heterocycles. The monoisotopic (exact) mass is 362 g/mol. The summed E-state index contributed by atoms with van der Waals surface area (Å²) in [6, 6.07) is 16.6. The first-order valence-corrected chi connectivity index (χ1v) is 8.27. The van der Waals surface area contributed by atoms with Gasteiger partial charge in [0.1, 0.15) is 5.58 Å². The molecule has 1 fully saturated rings. The molecule has 0 saturated carbocycles. The highest BCUT2D eigenvalue weighted by atomic mass is 16.3. The number of para-hydroxylation sites is 1. The van der Waals surface area contributed by atoms with Gasteiger partial charge in [-0.2, -0.15) is 0 Å². The molecule has 0 bridgehead atoms. The largest absolute Gasteiger partial charge is 0.453 e. The number of carbonyl (C=O) groups excluding carboxylic acids is 4. The van der Waals surface area contributed by atoms with Crippen LogP contribution in [0.15, 0.2) is 65.1 Å². The fourth-order valence-corrected chi connectivity index (χ4v) is 2.94. The molecule has 27 heavy (non-hydrogen) atoms. The van der Waals surface area contributed by atoms with Crippen LogP contribution in [0.4, 0.5) is 4.79 Å². The second-order valence-electron chi connectivity index (χ2n) is 6.12. The zero-order chi connectivity index (χ0) is 19.0. The quantitative estimate of drug-likeness (QED) is 0.395. The van der Waals surface area contributed by atoms with Gasteiger partial charge >= 0.3 is 17.8 Å². The number of hydrogen-bond acceptors (Lipinski definition) is 5. The maximum atomic E-state index is 12.5. The zero-order valence-electron chi connectivity index (χ0n) is 14.1. The van der Waals surface area contributed by atoms with Gasteiger partial charge < -0.3 is 4.42 Å². The average Bonchev–Trinajstić information content (AvgIpc) is 3.20. The Morgan fingerprint density at radius 3 is 2.26 bits per heavy atom. The Morgan fingerprint density at radius 1 is 0.852 bits per heavy atom. The van der Waals surface area contributed by atoms with Gasteiger partial charge in [0.2, 0.25) is 5.78 Å². The number of carbonyl (C=O) groups is 4. The van der Waals surface area contributed by atoms with Crippen molar-refractivity contribution in [2.45, 2.75) is 6.54 Å². The highest BCUT2D eigenvalue weighted by molar-refractivity contribution is 6.45. The fourth-order valence-electron chi connectivity index (χ4n) is 2.94. The summed E-state index contributed by atoms with van der Waals surface area (Å²) in [4.78, 5) is 50.8. The minimum absolute atomic E-state index is 0.0282. The molecule has 1 aromatic heterocycles. The fraction of sp³-hybridized carbons (Fsp3) is 0.100. The topological polar surface area (TPSA) is 87.9 Å². The van der Waals surface area contributed by atoms with Crippen LogP contribution in [0.25, 0.3) is 11.0 Å². The molecule has 2 aromatic carbocycles. The van der Waals surface area contributed by atoms with E-state index >= 15 is 0 Å². The van der Waals surface area contributed by atoms with Crippen molar-refractivity contribution in [3.8, 4) is 0 Å². The first-order chi connectivity index (χ1) is 13.0. The van der Waals surface area contributed by atoms with Crippen LogP contribution in [0.1, 0.15) is 16.1 Å². The molecule has 3 aromatic rings. The Labute approximate surface area is 153 Å². The van der Waals surface area contributed by atoms with E-state index in [0.717, 1.165) is 10.3 Å². The zero-order valence-corrected chi connectivity index (χ0v) is 14.1. The third-order valence-corrected chi connectivity index (χ3v) is 4.32. The summed E-state index contributed by atoms with van der Waals surface area (Å²) in [6.07, 6.45) is 0. The van der Waals surface area contributed by atoms with Gasteiger partial charge in [0.15, 0.2) is 5.76 Å². The molecular formula is C20H14N2O5. The summed E-state index contributed by atoms with van der Waals surface area (Å²) in [5, 5.41) is 0.738. The average molecular weight is 362 g/mol. The van der Waals surface area contributed by atoms with Gasteiger partial charge in [0.05, 0.1) is 13.1 Å². The van der Waals surface area contributed by atoms with Crippen molar-refractivity contribution in [2.75, 3.05) is 6.54 Å². The molecule has 0 radical (unpaired) electrons. The predicted molar refractivity (Wildman–Crippen MR) is 94.6 cm³/mol. The Morgan fingerprint density at radius 2 is 1.52 bits per heavy atom. The lowest BCUT2D eigenvalue weighted by molar-refractivity contribution is -0.143. The number of hydrogen-bond donors (Lipinski definition) is 0. The number of ketones is 1. The maximum absolute atomic E-state index is 12.5. The van der Waals surface area contributed by atoms with E-state index in [1.54, 1.807) is 60.7 Å². The van der Waals surface area contributed by atoms with Crippen LogP contribution in [-0.4, -0.2) is 40.0 Å². The number of furan rings is 1. The predicted octanol–water partition coefficient (Wildman–Crippen LogP) is 2.61. The summed E-state index contributed by atoms with van der Waals surface area (Å²) in [5.41, 5.74) is 1.24. The van der Waals surface area contributed by atoms with E-state index in [1.165, 1.54) is 0 Å². The van der Waals surface area contributed by atoms with Crippen molar-refractivity contribution in [3.05, 3.63) is 72.0 Å². The summed E-state index contributed by atoms with van der Waals surface area (Å²) in [6.45, 7) is -0.575. The Kier molecular flexibility index (Phi) is 4.04. The summed E-state index contributed by atoms with van der Waals surface area (Å²) >= 11 is 0. The second kappa shape index (κ2) is 6.53. The third-order valence-electron chi connectivity index (χ3n) is 4.32. The number of fused-ring (bicyclic) bond motifs is 1. The van der Waals surface area contributed by atoms with Gasteiger partial charge in [0, 0.05) is 5.39 Å². The van der Waals surface area contributed by atoms with Gasteiger partial charge in [0.25, 0.3) is 0 Å². The number of rotatable bonds is 5. The van der Waals surface area contributed by atoms with E-state index < -0.39 is 30.2 Å². The first-order valence-electron chi connectivity index (χ1n) is 8.27. The molecule has 134 valence electrons. The molecule has 4 rings (SSSR count). The third kappa shape index (κ3) is 2.99. The highest BCUT2D eigenvalue weighted by Gasteiger charge is 2.45. The molecule has 0 N–H and O–H groups in total. The van der Waals surface area contributed by atoms with Gasteiger partial charge in [-0.15, -0.1) is 0 Å². The van der Waals surface area contributed by atoms with Crippen LogP contribution in [0.3, 0.4) is 0 Å². The van der Waals surface area contributed by atoms with E-state index in [4.69, 9.17) is 4.42 Å². The van der Waals surface area contributed by atoms with Crippen molar-refractivity contribution < 1.29 is 23.6 Å². The van der Waals surface area contributed by atoms with Crippen molar-refractivity contribution in [3.63, 3.8) is 0 Å². The molecule has 0 aliphatic carbocycles. The lowest BCUT2D eigenvalue weighted by Crippen LogP contribution is -2.36. The van der Waals surface area contributed by atoms with Crippen LogP contribution in [0, 0.1) is 0 Å². The molecule has 0 spiro atoms. The van der Waals surface area contributed by atoms with Crippen LogP contribution in [0.5, 0.6) is 0 Å². The summed E-state index contributed by atoms with van der Waals surface area (Å²) in [7, 11) is 0. The smallest absolute Gasteiger partial charge is 0.334 e. The van der Waals surface area contributed by atoms with Crippen molar-refractivity contribution >= 4 is 34.6 Å². The van der Waals surface area contributed by atoms with Crippen LogP contribution in [0.2, 0.25) is 0 Å². The molecule has 0 unspecified atom stereocenters. The van der Waals surface area contributed by atoms with Gasteiger partial charge in [-0.3, -0.25) is 19.3 Å². The minimum Gasteiger partial charge on any atom is -0.453 e. The maximum Gasteiger partial charge on any atom is 0.334 e. The SMILES string of the molecule is O=C(CN1C(=O)C(=O)N(Cc2ccccc2)C1=O)c1cc2ccccc2o1. The van der Waals surface area contributed by atoms with E-state index in [1.807, 2.05) is 0 Å². The summed E-state index contributed by atoms with van der Waals surface area (Å²) < 4.78 is 5.46. The van der Waals surface area contributed by atoms with Crippen molar-refractivity contribution in [1.29, 1.82) is 0 Å². The Balaban J connectivity index is 1.53. The molecule has 7 nitrogen and oxygen atoms in total. The number of urea groups is 1. The van der Waals surface area contributed by atoms with E-state index in [0.29, 0.717) is 16.0 Å². The van der Waals surface area contributed by atoms with Gasteiger partial charge in [-0.1, -0.05) is 48.5 Å². The van der Waals surface area contributed by atoms with Gasteiger partial charge in [-0.25, -0.2) is 9.69 Å². The molecular weight excluding hydrogens is 348 g/mol. The van der Waals surface area contributed by atoms with E-state index in [-0.39, 0.29) is 12.3 Å². The molecule has 4 amide bonds. The van der Waals surface area contributed by atoms with Crippen LogP contribution in [-0.2, 0) is 16.1 Å². The Bertz CT molecular complexity index is 1040. The number of Topliss-reactive ketones (excluding diaryl/α,β-unsaturated/α-hetero) is 1. The molecule has 1 aliphatic rings. The normalized spacial score (nSPS) is 14.4. The van der Waals surface area contributed by atoms with Crippen LogP contribution < -0.4 is 0 Å². The molecule has 7 heteroatoms.